The Morgan fingerprint density at radius 3 is 2.52 bits per heavy atom. The van der Waals surface area contributed by atoms with Crippen LogP contribution in [0.1, 0.15) is 68.9 Å². The Bertz CT molecular complexity index is 687. The lowest BCUT2D eigenvalue weighted by molar-refractivity contribution is -1.03. The molecule has 0 bridgehead atoms. The molecule has 7 nitrogen and oxygen atoms in total. The van der Waals surface area contributed by atoms with Crippen molar-refractivity contribution < 1.29 is 9.80 Å². The largest absolute Gasteiger partial charge is 0.322 e. The van der Waals surface area contributed by atoms with Crippen LogP contribution in [-0.4, -0.2) is 51.4 Å². The maximum atomic E-state index is 4.49. The van der Waals surface area contributed by atoms with Crippen molar-refractivity contribution >= 4 is 0 Å². The van der Waals surface area contributed by atoms with Crippen LogP contribution in [0.4, 0.5) is 0 Å². The maximum Gasteiger partial charge on any atom is 0.209 e. The summed E-state index contributed by atoms with van der Waals surface area (Å²) in [6.07, 6.45) is 11.3. The normalized spacial score (nSPS) is 25.4. The monoisotopic (exact) mass is 371 g/mol. The van der Waals surface area contributed by atoms with Crippen LogP contribution >= 0.6 is 0 Å². The van der Waals surface area contributed by atoms with Crippen molar-refractivity contribution in [1.29, 1.82) is 0 Å². The molecular formula is C20H33N7+2. The number of pyridine rings is 1. The van der Waals surface area contributed by atoms with E-state index in [4.69, 9.17) is 0 Å². The third kappa shape index (κ3) is 4.35. The van der Waals surface area contributed by atoms with Gasteiger partial charge in [0.25, 0.3) is 0 Å². The zero-order valence-electron chi connectivity index (χ0n) is 16.5. The number of rotatable bonds is 6. The highest BCUT2D eigenvalue weighted by Crippen LogP contribution is 2.29. The van der Waals surface area contributed by atoms with Crippen LogP contribution in [0.5, 0.6) is 0 Å². The number of aromatic nitrogens is 5. The van der Waals surface area contributed by atoms with Gasteiger partial charge in [-0.2, -0.15) is 0 Å². The van der Waals surface area contributed by atoms with Crippen molar-refractivity contribution in [2.45, 2.75) is 64.1 Å². The third-order valence-corrected chi connectivity index (χ3v) is 6.45. The van der Waals surface area contributed by atoms with Crippen LogP contribution in [-0.2, 0) is 6.54 Å². The highest BCUT2D eigenvalue weighted by Gasteiger charge is 2.34. The predicted molar refractivity (Wildman–Crippen MR) is 102 cm³/mol. The number of piperazine rings is 1. The van der Waals surface area contributed by atoms with Gasteiger partial charge < -0.3 is 9.80 Å². The molecule has 146 valence electrons. The van der Waals surface area contributed by atoms with Gasteiger partial charge in [-0.25, -0.2) is 4.68 Å². The first-order valence-electron chi connectivity index (χ1n) is 10.7. The van der Waals surface area contributed by atoms with Gasteiger partial charge in [0, 0.05) is 24.4 Å². The van der Waals surface area contributed by atoms with Gasteiger partial charge in [0.15, 0.2) is 0 Å². The van der Waals surface area contributed by atoms with Crippen molar-refractivity contribution in [2.75, 3.05) is 26.2 Å². The van der Waals surface area contributed by atoms with Crippen molar-refractivity contribution in [2.24, 2.45) is 0 Å². The minimum atomic E-state index is 0.421. The summed E-state index contributed by atoms with van der Waals surface area (Å²) in [5.41, 5.74) is 1.39. The molecule has 7 heteroatoms. The number of hydrogen-bond acceptors (Lipinski definition) is 4. The van der Waals surface area contributed by atoms with Crippen LogP contribution in [0.2, 0.25) is 0 Å². The fraction of sp³-hybridized carbons (Fsp3) is 0.700. The molecule has 0 spiro atoms. The first kappa shape index (κ1) is 18.5. The topological polar surface area (TPSA) is 65.4 Å². The molecule has 27 heavy (non-hydrogen) atoms. The molecule has 1 aliphatic heterocycles. The van der Waals surface area contributed by atoms with E-state index in [1.165, 1.54) is 63.8 Å². The van der Waals surface area contributed by atoms with Gasteiger partial charge in [-0.3, -0.25) is 4.98 Å². The van der Waals surface area contributed by atoms with Gasteiger partial charge in [0.1, 0.15) is 38.8 Å². The molecule has 1 atom stereocenters. The van der Waals surface area contributed by atoms with Gasteiger partial charge in [-0.1, -0.05) is 26.2 Å². The van der Waals surface area contributed by atoms with E-state index >= 15 is 0 Å². The second kappa shape index (κ2) is 8.89. The Morgan fingerprint density at radius 1 is 1.07 bits per heavy atom. The molecule has 3 heterocycles. The van der Waals surface area contributed by atoms with Crippen molar-refractivity contribution in [3.8, 4) is 0 Å². The minimum absolute atomic E-state index is 0.421. The van der Waals surface area contributed by atoms with E-state index in [2.05, 4.69) is 44.2 Å². The molecule has 2 aromatic heterocycles. The van der Waals surface area contributed by atoms with Gasteiger partial charge in [0.2, 0.25) is 5.82 Å². The van der Waals surface area contributed by atoms with E-state index in [0.29, 0.717) is 12.1 Å². The number of tetrazole rings is 1. The first-order valence-corrected chi connectivity index (χ1v) is 10.7. The number of quaternary nitrogens is 2. The van der Waals surface area contributed by atoms with Gasteiger partial charge in [-0.15, -0.1) is 5.10 Å². The van der Waals surface area contributed by atoms with Crippen LogP contribution in [0.3, 0.4) is 0 Å². The standard InChI is InChI=1S/C20H31N7/c1-2-19(20-22-23-24-27(20)18-6-4-3-5-7-18)26-14-12-25(13-15-26)16-17-8-10-21-11-9-17/h8-11,18-19H,2-7,12-16H2,1H3/p+2/t19-/m0/s1. The summed E-state index contributed by atoms with van der Waals surface area (Å²) >= 11 is 0. The first-order chi connectivity index (χ1) is 13.3. The smallest absolute Gasteiger partial charge is 0.209 e. The van der Waals surface area contributed by atoms with Gasteiger partial charge >= 0.3 is 0 Å². The average Bonchev–Trinajstić information content (AvgIpc) is 3.21. The van der Waals surface area contributed by atoms with Crippen molar-refractivity contribution in [3.05, 3.63) is 35.9 Å². The summed E-state index contributed by atoms with van der Waals surface area (Å²) in [7, 11) is 0. The van der Waals surface area contributed by atoms with E-state index in [1.54, 1.807) is 9.80 Å². The van der Waals surface area contributed by atoms with E-state index in [1.807, 2.05) is 12.4 Å². The molecule has 0 radical (unpaired) electrons. The van der Waals surface area contributed by atoms with Crippen LogP contribution in [0.15, 0.2) is 24.5 Å². The van der Waals surface area contributed by atoms with E-state index < -0.39 is 0 Å². The summed E-state index contributed by atoms with van der Waals surface area (Å²) in [6.45, 7) is 8.19. The fourth-order valence-electron chi connectivity index (χ4n) is 4.91. The Hall–Kier alpha value is -1.86. The Kier molecular flexibility index (Phi) is 6.09. The highest BCUT2D eigenvalue weighted by molar-refractivity contribution is 5.07. The minimum Gasteiger partial charge on any atom is -0.322 e. The molecule has 1 saturated carbocycles. The summed E-state index contributed by atoms with van der Waals surface area (Å²) < 4.78 is 2.18. The second-order valence-electron chi connectivity index (χ2n) is 8.17. The van der Waals surface area contributed by atoms with Crippen LogP contribution < -0.4 is 9.80 Å². The Balaban J connectivity index is 1.39. The summed E-state index contributed by atoms with van der Waals surface area (Å²) in [5.74, 6) is 1.12. The molecule has 0 aromatic carbocycles. The molecule has 0 unspecified atom stereocenters. The second-order valence-corrected chi connectivity index (χ2v) is 8.17. The third-order valence-electron chi connectivity index (χ3n) is 6.45. The molecule has 1 aliphatic carbocycles. The molecule has 2 aliphatic rings. The lowest BCUT2D eigenvalue weighted by Gasteiger charge is -2.34. The molecule has 2 N–H and O–H groups in total. The van der Waals surface area contributed by atoms with Crippen LogP contribution in [0.25, 0.3) is 0 Å². The number of hydrogen-bond donors (Lipinski definition) is 2. The summed E-state index contributed by atoms with van der Waals surface area (Å²) in [6, 6.07) is 5.21. The molecule has 2 aromatic rings. The summed E-state index contributed by atoms with van der Waals surface area (Å²) in [4.78, 5) is 7.45. The molecule has 0 amide bonds. The molecular weight excluding hydrogens is 338 g/mol. The van der Waals surface area contributed by atoms with E-state index in [0.717, 1.165) is 18.8 Å². The highest BCUT2D eigenvalue weighted by atomic mass is 15.6. The van der Waals surface area contributed by atoms with Gasteiger partial charge in [0.05, 0.1) is 6.04 Å². The van der Waals surface area contributed by atoms with Crippen LogP contribution in [0, 0.1) is 0 Å². The molecule has 1 saturated heterocycles. The van der Waals surface area contributed by atoms with Crippen molar-refractivity contribution in [3.63, 3.8) is 0 Å². The number of nitrogens with one attached hydrogen (secondary N) is 2. The van der Waals surface area contributed by atoms with E-state index in [9.17, 15) is 0 Å². The lowest BCUT2D eigenvalue weighted by Crippen LogP contribution is -3.27. The zero-order valence-corrected chi connectivity index (χ0v) is 16.5. The SMILES string of the molecule is CC[C@@H](c1nnnn1C1CCCCC1)[NH+]1CC[NH+](Cc2ccncc2)CC1. The lowest BCUT2D eigenvalue weighted by atomic mass is 9.95. The molecule has 2 fully saturated rings. The zero-order chi connectivity index (χ0) is 18.5. The maximum absolute atomic E-state index is 4.49. The molecule has 4 rings (SSSR count). The average molecular weight is 372 g/mol. The van der Waals surface area contributed by atoms with Crippen molar-refractivity contribution in [1.82, 2.24) is 25.2 Å². The Morgan fingerprint density at radius 2 is 1.81 bits per heavy atom. The predicted octanol–water partition coefficient (Wildman–Crippen LogP) is 0.00800. The summed E-state index contributed by atoms with van der Waals surface area (Å²) in [5, 5.41) is 13.0. The quantitative estimate of drug-likeness (QED) is 0.751. The number of nitrogens with zero attached hydrogens (tertiary/aromatic N) is 5. The van der Waals surface area contributed by atoms with Gasteiger partial charge in [-0.05, 0) is 35.4 Å². The fourth-order valence-corrected chi connectivity index (χ4v) is 4.91. The Labute approximate surface area is 161 Å². The van der Waals surface area contributed by atoms with E-state index in [-0.39, 0.29) is 0 Å².